The predicted molar refractivity (Wildman–Crippen MR) is 71.6 cm³/mol. The number of fused-ring (bicyclic) bond motifs is 1. The minimum atomic E-state index is 1.03. The van der Waals surface area contributed by atoms with Gasteiger partial charge < -0.3 is 4.90 Å². The van der Waals surface area contributed by atoms with Crippen LogP contribution in [0.15, 0.2) is 73.2 Å². The summed E-state index contributed by atoms with van der Waals surface area (Å²) in [6, 6.07) is 10.3. The number of aromatic nitrogens is 1. The van der Waals surface area contributed by atoms with Crippen LogP contribution in [0.1, 0.15) is 0 Å². The van der Waals surface area contributed by atoms with Crippen molar-refractivity contribution in [3.8, 4) is 0 Å². The van der Waals surface area contributed by atoms with E-state index in [1.807, 2.05) is 61.1 Å². The highest BCUT2D eigenvalue weighted by Crippen LogP contribution is 2.20. The summed E-state index contributed by atoms with van der Waals surface area (Å²) in [5.41, 5.74) is 2.09. The zero-order valence-electron chi connectivity index (χ0n) is 9.32. The van der Waals surface area contributed by atoms with Gasteiger partial charge in [0.05, 0.1) is 17.4 Å². The fourth-order valence-electron chi connectivity index (χ4n) is 1.84. The first-order valence-electron chi connectivity index (χ1n) is 5.58. The third-order valence-electron chi connectivity index (χ3n) is 2.70. The Hall–Kier alpha value is -2.35. The van der Waals surface area contributed by atoms with Crippen LogP contribution >= 0.6 is 0 Å². The highest BCUT2D eigenvalue weighted by Gasteiger charge is 2.02. The summed E-state index contributed by atoms with van der Waals surface area (Å²) in [5.74, 6) is 0. The van der Waals surface area contributed by atoms with Crippen molar-refractivity contribution < 1.29 is 0 Å². The first-order chi connectivity index (χ1) is 8.43. The second-order valence-electron chi connectivity index (χ2n) is 3.86. The monoisotopic (exact) mass is 220 g/mol. The number of hydrogen-bond donors (Lipinski definition) is 0. The Morgan fingerprint density at radius 1 is 0.882 bits per heavy atom. The molecule has 1 aliphatic heterocycles. The van der Waals surface area contributed by atoms with Crippen LogP contribution in [0, 0.1) is 0 Å². The number of benzene rings is 1. The highest BCUT2D eigenvalue weighted by molar-refractivity contribution is 5.82. The zero-order valence-corrected chi connectivity index (χ0v) is 9.32. The Labute approximate surface area is 100 Å². The summed E-state index contributed by atoms with van der Waals surface area (Å²) < 4.78 is 0. The van der Waals surface area contributed by atoms with E-state index in [0.717, 1.165) is 16.6 Å². The molecule has 0 amide bonds. The minimum Gasteiger partial charge on any atom is -0.322 e. The van der Waals surface area contributed by atoms with Gasteiger partial charge in [-0.25, -0.2) is 0 Å². The molecule has 3 rings (SSSR count). The van der Waals surface area contributed by atoms with Crippen molar-refractivity contribution in [1.29, 1.82) is 0 Å². The molecule has 0 atom stereocenters. The average Bonchev–Trinajstić information content (AvgIpc) is 2.67. The van der Waals surface area contributed by atoms with Crippen molar-refractivity contribution in [2.75, 3.05) is 4.90 Å². The van der Waals surface area contributed by atoms with Gasteiger partial charge in [0.2, 0.25) is 0 Å². The van der Waals surface area contributed by atoms with Gasteiger partial charge in [-0.15, -0.1) is 0 Å². The maximum atomic E-state index is 4.46. The smallest absolute Gasteiger partial charge is 0.0703 e. The van der Waals surface area contributed by atoms with E-state index in [0.29, 0.717) is 0 Å². The summed E-state index contributed by atoms with van der Waals surface area (Å²) in [6.45, 7) is 0. The topological polar surface area (TPSA) is 16.1 Å². The lowest BCUT2D eigenvalue weighted by molar-refractivity contribution is 1.25. The quantitative estimate of drug-likeness (QED) is 0.729. The Morgan fingerprint density at radius 3 is 2.47 bits per heavy atom. The molecule has 17 heavy (non-hydrogen) atoms. The van der Waals surface area contributed by atoms with Crippen molar-refractivity contribution in [2.24, 2.45) is 0 Å². The number of pyridine rings is 1. The van der Waals surface area contributed by atoms with Gasteiger partial charge in [-0.1, -0.05) is 30.4 Å². The molecule has 1 aromatic carbocycles. The third kappa shape index (κ3) is 1.97. The number of nitrogens with zero attached hydrogens (tertiary/aromatic N) is 2. The molecule has 2 aromatic rings. The second kappa shape index (κ2) is 4.26. The molecule has 0 N–H and O–H groups in total. The number of anilines is 1. The standard InChI is InChI=1S/C15H12N2/c1-2-6-10-17(9-5-1)14-11-13-7-3-4-8-15(13)16-12-14/h1-12H. The van der Waals surface area contributed by atoms with Crippen LogP contribution in [0.3, 0.4) is 0 Å². The Balaban J connectivity index is 2.06. The van der Waals surface area contributed by atoms with Crippen molar-refractivity contribution >= 4 is 16.6 Å². The van der Waals surface area contributed by atoms with E-state index < -0.39 is 0 Å². The van der Waals surface area contributed by atoms with Gasteiger partial charge in [-0.05, 0) is 24.3 Å². The lowest BCUT2D eigenvalue weighted by Gasteiger charge is -2.14. The van der Waals surface area contributed by atoms with Crippen LogP contribution in [0.4, 0.5) is 5.69 Å². The second-order valence-corrected chi connectivity index (χ2v) is 3.86. The fraction of sp³-hybridized carbons (Fsp3) is 0. The molecule has 1 aliphatic rings. The lowest BCUT2D eigenvalue weighted by Crippen LogP contribution is -2.06. The molecule has 0 fully saturated rings. The van der Waals surface area contributed by atoms with Gasteiger partial charge >= 0.3 is 0 Å². The van der Waals surface area contributed by atoms with E-state index >= 15 is 0 Å². The minimum absolute atomic E-state index is 1.03. The molecule has 1 aromatic heterocycles. The van der Waals surface area contributed by atoms with Crippen molar-refractivity contribution in [1.82, 2.24) is 4.98 Å². The molecule has 0 unspecified atom stereocenters. The molecule has 0 bridgehead atoms. The van der Waals surface area contributed by atoms with E-state index in [1.54, 1.807) is 0 Å². The molecule has 82 valence electrons. The van der Waals surface area contributed by atoms with Gasteiger partial charge in [0, 0.05) is 17.8 Å². The van der Waals surface area contributed by atoms with Gasteiger partial charge in [0.15, 0.2) is 0 Å². The van der Waals surface area contributed by atoms with E-state index in [9.17, 15) is 0 Å². The maximum absolute atomic E-state index is 4.46. The number of allylic oxidation sites excluding steroid dienone is 4. The molecular formula is C15H12N2. The first-order valence-corrected chi connectivity index (χ1v) is 5.58. The van der Waals surface area contributed by atoms with Gasteiger partial charge in [0.25, 0.3) is 0 Å². The summed E-state index contributed by atoms with van der Waals surface area (Å²) in [6.07, 6.45) is 14.0. The molecule has 2 heteroatoms. The normalized spacial score (nSPS) is 14.2. The summed E-state index contributed by atoms with van der Waals surface area (Å²) in [5, 5.41) is 1.16. The van der Waals surface area contributed by atoms with E-state index in [-0.39, 0.29) is 0 Å². The molecule has 0 radical (unpaired) electrons. The van der Waals surface area contributed by atoms with Crippen LogP contribution in [0.25, 0.3) is 10.9 Å². The Kier molecular flexibility index (Phi) is 2.47. The molecule has 0 saturated carbocycles. The van der Waals surface area contributed by atoms with Crippen LogP contribution < -0.4 is 4.90 Å². The predicted octanol–water partition coefficient (Wildman–Crippen LogP) is 3.64. The number of hydrogen-bond acceptors (Lipinski definition) is 2. The van der Waals surface area contributed by atoms with Gasteiger partial charge in [0.1, 0.15) is 0 Å². The van der Waals surface area contributed by atoms with Crippen molar-refractivity contribution in [3.05, 3.63) is 73.2 Å². The van der Waals surface area contributed by atoms with Gasteiger partial charge in [-0.2, -0.15) is 0 Å². The summed E-state index contributed by atoms with van der Waals surface area (Å²) in [4.78, 5) is 6.51. The van der Waals surface area contributed by atoms with E-state index in [4.69, 9.17) is 0 Å². The maximum Gasteiger partial charge on any atom is 0.0703 e. The Bertz CT molecular complexity index is 608. The molecule has 0 spiro atoms. The SMILES string of the molecule is C1=CC=CN(c2cnc3ccccc3c2)C=C1. The van der Waals surface area contributed by atoms with E-state index in [2.05, 4.69) is 22.0 Å². The van der Waals surface area contributed by atoms with Crippen LogP contribution in [-0.2, 0) is 0 Å². The summed E-state index contributed by atoms with van der Waals surface area (Å²) >= 11 is 0. The molecule has 0 aliphatic carbocycles. The average molecular weight is 220 g/mol. The molecule has 2 nitrogen and oxygen atoms in total. The first kappa shape index (κ1) is 9.85. The number of rotatable bonds is 1. The highest BCUT2D eigenvalue weighted by atomic mass is 15.1. The van der Waals surface area contributed by atoms with Crippen LogP contribution in [0.5, 0.6) is 0 Å². The largest absolute Gasteiger partial charge is 0.322 e. The third-order valence-corrected chi connectivity index (χ3v) is 2.70. The fourth-order valence-corrected chi connectivity index (χ4v) is 1.84. The van der Waals surface area contributed by atoms with Crippen LogP contribution in [0.2, 0.25) is 0 Å². The van der Waals surface area contributed by atoms with Crippen molar-refractivity contribution in [3.63, 3.8) is 0 Å². The zero-order chi connectivity index (χ0) is 11.5. The Morgan fingerprint density at radius 2 is 1.65 bits per heavy atom. The van der Waals surface area contributed by atoms with Crippen molar-refractivity contribution in [2.45, 2.75) is 0 Å². The van der Waals surface area contributed by atoms with Gasteiger partial charge in [-0.3, -0.25) is 4.98 Å². The summed E-state index contributed by atoms with van der Waals surface area (Å²) in [7, 11) is 0. The van der Waals surface area contributed by atoms with Crippen LogP contribution in [-0.4, -0.2) is 4.98 Å². The molecule has 0 saturated heterocycles. The van der Waals surface area contributed by atoms with E-state index in [1.165, 1.54) is 0 Å². The lowest BCUT2D eigenvalue weighted by atomic mass is 10.2. The molecular weight excluding hydrogens is 208 g/mol. The molecule has 2 heterocycles. The number of para-hydroxylation sites is 1.